The first kappa shape index (κ1) is 14.8. The van der Waals surface area contributed by atoms with Crippen LogP contribution in [0.1, 0.15) is 30.1 Å². The third kappa shape index (κ3) is 3.03. The summed E-state index contributed by atoms with van der Waals surface area (Å²) in [6.45, 7) is 2.23. The van der Waals surface area contributed by atoms with Gasteiger partial charge in [0.1, 0.15) is 0 Å². The van der Waals surface area contributed by atoms with E-state index >= 15 is 0 Å². The Morgan fingerprint density at radius 1 is 0.864 bits per heavy atom. The Morgan fingerprint density at radius 3 is 2.32 bits per heavy atom. The number of rotatable bonds is 5. The molecule has 22 heavy (non-hydrogen) atoms. The summed E-state index contributed by atoms with van der Waals surface area (Å²) < 4.78 is 0. The van der Waals surface area contributed by atoms with Crippen molar-refractivity contribution in [1.82, 2.24) is 5.32 Å². The molecule has 3 rings (SSSR count). The zero-order valence-electron chi connectivity index (χ0n) is 12.7. The highest BCUT2D eigenvalue weighted by Gasteiger charge is 2.15. The highest BCUT2D eigenvalue weighted by Crippen LogP contribution is 2.26. The van der Waals surface area contributed by atoms with E-state index in [9.17, 15) is 5.11 Å². The molecule has 2 atom stereocenters. The van der Waals surface area contributed by atoms with Crippen LogP contribution in [0.2, 0.25) is 0 Å². The van der Waals surface area contributed by atoms with Crippen LogP contribution in [0.15, 0.2) is 72.8 Å². The Bertz CT molecular complexity index is 734. The van der Waals surface area contributed by atoms with Gasteiger partial charge in [-0.05, 0) is 28.8 Å². The lowest BCUT2D eigenvalue weighted by molar-refractivity contribution is 0.235. The quantitative estimate of drug-likeness (QED) is 0.737. The van der Waals surface area contributed by atoms with Crippen LogP contribution >= 0.6 is 0 Å². The average molecular weight is 291 g/mol. The van der Waals surface area contributed by atoms with Crippen LogP contribution in [0.4, 0.5) is 0 Å². The molecule has 0 saturated carbocycles. The fraction of sp³-hybridized carbons (Fsp3) is 0.200. The summed E-state index contributed by atoms with van der Waals surface area (Å²) in [5.41, 5.74) is 2.37. The van der Waals surface area contributed by atoms with E-state index in [1.165, 1.54) is 16.3 Å². The largest absolute Gasteiger partial charge is 0.394 e. The van der Waals surface area contributed by atoms with Crippen molar-refractivity contribution in [2.24, 2.45) is 0 Å². The van der Waals surface area contributed by atoms with Gasteiger partial charge in [-0.3, -0.25) is 0 Å². The lowest BCUT2D eigenvalue weighted by atomic mass is 9.98. The van der Waals surface area contributed by atoms with Crippen LogP contribution in [0, 0.1) is 0 Å². The minimum absolute atomic E-state index is 0.0600. The average Bonchev–Trinajstić information content (AvgIpc) is 2.59. The molecule has 2 heteroatoms. The van der Waals surface area contributed by atoms with E-state index in [1.54, 1.807) is 0 Å². The number of hydrogen-bond acceptors (Lipinski definition) is 2. The van der Waals surface area contributed by atoms with Crippen molar-refractivity contribution >= 4 is 10.8 Å². The maximum atomic E-state index is 9.73. The molecule has 0 amide bonds. The normalized spacial score (nSPS) is 13.9. The van der Waals surface area contributed by atoms with Crippen LogP contribution in [0.3, 0.4) is 0 Å². The molecular weight excluding hydrogens is 270 g/mol. The predicted octanol–water partition coefficient (Wildman–Crippen LogP) is 4.22. The molecular formula is C20H21NO. The molecule has 0 aliphatic heterocycles. The van der Waals surface area contributed by atoms with Crippen molar-refractivity contribution in [1.29, 1.82) is 0 Å². The number of nitrogens with one attached hydrogen (secondary N) is 1. The smallest absolute Gasteiger partial charge is 0.0626 e. The molecule has 0 aliphatic carbocycles. The molecule has 0 spiro atoms. The van der Waals surface area contributed by atoms with Crippen LogP contribution < -0.4 is 5.32 Å². The summed E-state index contributed by atoms with van der Waals surface area (Å²) >= 11 is 0. The van der Waals surface area contributed by atoms with Gasteiger partial charge in [0, 0.05) is 6.04 Å². The van der Waals surface area contributed by atoms with Crippen LogP contribution in [-0.4, -0.2) is 11.7 Å². The molecule has 0 bridgehead atoms. The second-order valence-corrected chi connectivity index (χ2v) is 5.60. The van der Waals surface area contributed by atoms with Gasteiger partial charge < -0.3 is 10.4 Å². The lowest BCUT2D eigenvalue weighted by Gasteiger charge is -2.23. The van der Waals surface area contributed by atoms with E-state index in [-0.39, 0.29) is 18.7 Å². The lowest BCUT2D eigenvalue weighted by Crippen LogP contribution is -2.27. The second-order valence-electron chi connectivity index (χ2n) is 5.60. The summed E-state index contributed by atoms with van der Waals surface area (Å²) in [4.78, 5) is 0. The molecule has 0 heterocycles. The van der Waals surface area contributed by atoms with Crippen molar-refractivity contribution < 1.29 is 5.11 Å². The molecule has 3 aromatic rings. The van der Waals surface area contributed by atoms with E-state index in [1.807, 2.05) is 30.3 Å². The molecule has 3 aromatic carbocycles. The van der Waals surface area contributed by atoms with Gasteiger partial charge in [-0.15, -0.1) is 0 Å². The van der Waals surface area contributed by atoms with E-state index in [4.69, 9.17) is 0 Å². The number of aliphatic hydroxyl groups excluding tert-OH is 1. The van der Waals surface area contributed by atoms with Crippen molar-refractivity contribution in [3.8, 4) is 0 Å². The van der Waals surface area contributed by atoms with Crippen molar-refractivity contribution in [3.63, 3.8) is 0 Å². The van der Waals surface area contributed by atoms with Gasteiger partial charge in [0.05, 0.1) is 12.6 Å². The zero-order valence-corrected chi connectivity index (χ0v) is 12.7. The van der Waals surface area contributed by atoms with Gasteiger partial charge in [-0.2, -0.15) is 0 Å². The van der Waals surface area contributed by atoms with Gasteiger partial charge in [-0.25, -0.2) is 0 Å². The maximum absolute atomic E-state index is 9.73. The summed E-state index contributed by atoms with van der Waals surface area (Å²) in [5.74, 6) is 0. The fourth-order valence-electron chi connectivity index (χ4n) is 2.96. The Balaban J connectivity index is 1.88. The van der Waals surface area contributed by atoms with Crippen LogP contribution in [0.5, 0.6) is 0 Å². The molecule has 0 fully saturated rings. The first-order valence-corrected chi connectivity index (χ1v) is 7.69. The Morgan fingerprint density at radius 2 is 1.55 bits per heavy atom. The van der Waals surface area contributed by atoms with Gasteiger partial charge >= 0.3 is 0 Å². The van der Waals surface area contributed by atoms with E-state index in [0.717, 1.165) is 5.56 Å². The molecule has 0 radical (unpaired) electrons. The Labute approximate surface area is 131 Å². The number of benzene rings is 3. The van der Waals surface area contributed by atoms with Crippen LogP contribution in [0.25, 0.3) is 10.8 Å². The first-order chi connectivity index (χ1) is 10.8. The highest BCUT2D eigenvalue weighted by molar-refractivity contribution is 5.86. The summed E-state index contributed by atoms with van der Waals surface area (Å²) in [7, 11) is 0. The number of aliphatic hydroxyl groups is 1. The summed E-state index contributed by atoms with van der Waals surface area (Å²) in [6.07, 6.45) is 0. The van der Waals surface area contributed by atoms with Crippen LogP contribution in [-0.2, 0) is 0 Å². The summed E-state index contributed by atoms with van der Waals surface area (Å²) in [5, 5.41) is 15.8. The van der Waals surface area contributed by atoms with E-state index < -0.39 is 0 Å². The minimum Gasteiger partial charge on any atom is -0.394 e. The van der Waals surface area contributed by atoms with Gasteiger partial charge in [0.2, 0.25) is 0 Å². The first-order valence-electron chi connectivity index (χ1n) is 7.69. The monoisotopic (exact) mass is 291 g/mol. The van der Waals surface area contributed by atoms with E-state index in [0.29, 0.717) is 0 Å². The van der Waals surface area contributed by atoms with Gasteiger partial charge in [-0.1, -0.05) is 72.8 Å². The highest BCUT2D eigenvalue weighted by atomic mass is 16.3. The molecule has 2 N–H and O–H groups in total. The molecule has 2 unspecified atom stereocenters. The third-order valence-electron chi connectivity index (χ3n) is 4.13. The Hall–Kier alpha value is -2.16. The molecule has 112 valence electrons. The summed E-state index contributed by atoms with van der Waals surface area (Å²) in [6, 6.07) is 25.0. The standard InChI is InChI=1S/C20H21NO/c1-15(21-20(14-22)17-9-3-2-4-10-17)18-13-7-11-16-8-5-6-12-19(16)18/h2-13,15,20-22H,14H2,1H3. The number of hydrogen-bond donors (Lipinski definition) is 2. The van der Waals surface area contributed by atoms with Crippen molar-refractivity contribution in [2.75, 3.05) is 6.61 Å². The SMILES string of the molecule is CC(NC(CO)c1ccccc1)c1cccc2ccccc12. The third-order valence-corrected chi connectivity index (χ3v) is 4.13. The molecule has 0 aromatic heterocycles. The minimum atomic E-state index is -0.0600. The molecule has 0 aliphatic rings. The van der Waals surface area contributed by atoms with Crippen molar-refractivity contribution in [2.45, 2.75) is 19.0 Å². The maximum Gasteiger partial charge on any atom is 0.0626 e. The van der Waals surface area contributed by atoms with Gasteiger partial charge in [0.25, 0.3) is 0 Å². The molecule has 2 nitrogen and oxygen atoms in total. The zero-order chi connectivity index (χ0) is 15.4. The fourth-order valence-corrected chi connectivity index (χ4v) is 2.96. The van der Waals surface area contributed by atoms with Crippen molar-refractivity contribution in [3.05, 3.63) is 83.9 Å². The number of fused-ring (bicyclic) bond motifs is 1. The Kier molecular flexibility index (Phi) is 4.52. The molecule has 0 saturated heterocycles. The van der Waals surface area contributed by atoms with E-state index in [2.05, 4.69) is 54.7 Å². The predicted molar refractivity (Wildman–Crippen MR) is 91.8 cm³/mol. The van der Waals surface area contributed by atoms with Gasteiger partial charge in [0.15, 0.2) is 0 Å². The topological polar surface area (TPSA) is 32.3 Å². The second kappa shape index (κ2) is 6.73.